The normalized spacial score (nSPS) is 16.9. The SMILES string of the molecule is NC(=O)C1CCCN1Cc1ccccc1NC(=O)COc1ccc(Br)cc1. The van der Waals surface area contributed by atoms with Crippen LogP contribution in [0, 0.1) is 0 Å². The average molecular weight is 432 g/mol. The molecule has 0 bridgehead atoms. The summed E-state index contributed by atoms with van der Waals surface area (Å²) in [6, 6.07) is 14.6. The molecule has 3 rings (SSSR count). The molecule has 0 saturated carbocycles. The summed E-state index contributed by atoms with van der Waals surface area (Å²) in [7, 11) is 0. The Balaban J connectivity index is 1.60. The Kier molecular flexibility index (Phi) is 6.47. The van der Waals surface area contributed by atoms with Crippen LogP contribution in [0.3, 0.4) is 0 Å². The Labute approximate surface area is 166 Å². The number of carbonyl (C=O) groups excluding carboxylic acids is 2. The van der Waals surface area contributed by atoms with Gasteiger partial charge in [-0.15, -0.1) is 0 Å². The maximum absolute atomic E-state index is 12.3. The number of ether oxygens (including phenoxy) is 1. The number of benzene rings is 2. The quantitative estimate of drug-likeness (QED) is 0.705. The largest absolute Gasteiger partial charge is 0.484 e. The van der Waals surface area contributed by atoms with Crippen LogP contribution in [0.15, 0.2) is 53.0 Å². The lowest BCUT2D eigenvalue weighted by molar-refractivity contribution is -0.122. The number of hydrogen-bond acceptors (Lipinski definition) is 4. The van der Waals surface area contributed by atoms with Crippen LogP contribution in [0.5, 0.6) is 5.75 Å². The molecule has 3 N–H and O–H groups in total. The molecule has 2 amide bonds. The van der Waals surface area contributed by atoms with Crippen LogP contribution in [0.25, 0.3) is 0 Å². The summed E-state index contributed by atoms with van der Waals surface area (Å²) in [4.78, 5) is 25.9. The second kappa shape index (κ2) is 9.01. The highest BCUT2D eigenvalue weighted by molar-refractivity contribution is 9.10. The second-order valence-electron chi connectivity index (χ2n) is 6.48. The monoisotopic (exact) mass is 431 g/mol. The van der Waals surface area contributed by atoms with Gasteiger partial charge in [-0.1, -0.05) is 34.1 Å². The van der Waals surface area contributed by atoms with Gasteiger partial charge >= 0.3 is 0 Å². The summed E-state index contributed by atoms with van der Waals surface area (Å²) >= 11 is 3.36. The van der Waals surface area contributed by atoms with Crippen molar-refractivity contribution in [3.8, 4) is 5.75 Å². The summed E-state index contributed by atoms with van der Waals surface area (Å²) in [5.74, 6) is 0.0955. The van der Waals surface area contributed by atoms with Crippen molar-refractivity contribution >= 4 is 33.4 Å². The predicted molar refractivity (Wildman–Crippen MR) is 107 cm³/mol. The van der Waals surface area contributed by atoms with Gasteiger partial charge in [0.1, 0.15) is 5.75 Å². The Morgan fingerprint density at radius 2 is 1.93 bits per heavy atom. The molecular formula is C20H22BrN3O3. The first-order valence-corrected chi connectivity index (χ1v) is 9.62. The van der Waals surface area contributed by atoms with E-state index in [-0.39, 0.29) is 24.5 Å². The van der Waals surface area contributed by atoms with Crippen molar-refractivity contribution in [1.82, 2.24) is 4.90 Å². The molecule has 7 heteroatoms. The number of likely N-dealkylation sites (tertiary alicyclic amines) is 1. The van der Waals surface area contributed by atoms with E-state index in [2.05, 4.69) is 26.1 Å². The molecule has 0 radical (unpaired) electrons. The molecule has 1 fully saturated rings. The number of carbonyl (C=O) groups is 2. The van der Waals surface area contributed by atoms with Crippen molar-refractivity contribution in [2.45, 2.75) is 25.4 Å². The number of anilines is 1. The standard InChI is InChI=1S/C20H22BrN3O3/c21-15-7-9-16(10-8-15)27-13-19(25)23-17-5-2-1-4-14(17)12-24-11-3-6-18(24)20(22)26/h1-2,4-5,7-10,18H,3,6,11-13H2,(H2,22,26)(H,23,25). The molecule has 2 aromatic carbocycles. The third kappa shape index (κ3) is 5.30. The van der Waals surface area contributed by atoms with E-state index in [9.17, 15) is 9.59 Å². The molecule has 1 unspecified atom stereocenters. The van der Waals surface area contributed by atoms with E-state index in [1.165, 1.54) is 0 Å². The lowest BCUT2D eigenvalue weighted by Gasteiger charge is -2.23. The van der Waals surface area contributed by atoms with Crippen molar-refractivity contribution in [3.63, 3.8) is 0 Å². The van der Waals surface area contributed by atoms with E-state index < -0.39 is 0 Å². The first-order chi connectivity index (χ1) is 13.0. The van der Waals surface area contributed by atoms with E-state index >= 15 is 0 Å². The summed E-state index contributed by atoms with van der Waals surface area (Å²) < 4.78 is 6.46. The van der Waals surface area contributed by atoms with Crippen LogP contribution in [-0.4, -0.2) is 35.9 Å². The predicted octanol–water partition coefficient (Wildman–Crippen LogP) is 2.92. The van der Waals surface area contributed by atoms with E-state index in [4.69, 9.17) is 10.5 Å². The lowest BCUT2D eigenvalue weighted by Crippen LogP contribution is -2.39. The van der Waals surface area contributed by atoms with Crippen molar-refractivity contribution in [3.05, 3.63) is 58.6 Å². The first-order valence-electron chi connectivity index (χ1n) is 8.82. The zero-order chi connectivity index (χ0) is 19.2. The summed E-state index contributed by atoms with van der Waals surface area (Å²) in [6.07, 6.45) is 1.73. The Bertz CT molecular complexity index is 810. The molecule has 142 valence electrons. The number of nitrogens with zero attached hydrogens (tertiary/aromatic N) is 1. The third-order valence-corrected chi connectivity index (χ3v) is 5.07. The molecule has 27 heavy (non-hydrogen) atoms. The highest BCUT2D eigenvalue weighted by Gasteiger charge is 2.29. The average Bonchev–Trinajstić information content (AvgIpc) is 3.11. The fourth-order valence-corrected chi connectivity index (χ4v) is 3.47. The minimum atomic E-state index is -0.295. The number of nitrogens with two attached hydrogens (primary N) is 1. The van der Waals surface area contributed by atoms with Gasteiger partial charge in [-0.05, 0) is 55.3 Å². The number of rotatable bonds is 7. The number of para-hydroxylation sites is 1. The van der Waals surface area contributed by atoms with Crippen molar-refractivity contribution in [2.24, 2.45) is 5.73 Å². The molecule has 0 aromatic heterocycles. The van der Waals surface area contributed by atoms with E-state index in [0.29, 0.717) is 12.3 Å². The van der Waals surface area contributed by atoms with Crippen molar-refractivity contribution in [2.75, 3.05) is 18.5 Å². The summed E-state index contributed by atoms with van der Waals surface area (Å²) in [6.45, 7) is 1.31. The van der Waals surface area contributed by atoms with E-state index in [1.54, 1.807) is 12.1 Å². The van der Waals surface area contributed by atoms with Gasteiger partial charge < -0.3 is 15.8 Å². The molecule has 1 saturated heterocycles. The Morgan fingerprint density at radius 1 is 1.19 bits per heavy atom. The third-order valence-electron chi connectivity index (χ3n) is 4.54. The minimum Gasteiger partial charge on any atom is -0.484 e. The van der Waals surface area contributed by atoms with Crippen LogP contribution in [0.2, 0.25) is 0 Å². The molecule has 0 aliphatic carbocycles. The fraction of sp³-hybridized carbons (Fsp3) is 0.300. The van der Waals surface area contributed by atoms with Gasteiger partial charge in [-0.25, -0.2) is 0 Å². The minimum absolute atomic E-state index is 0.0798. The molecule has 0 spiro atoms. The van der Waals surface area contributed by atoms with Gasteiger partial charge in [-0.2, -0.15) is 0 Å². The highest BCUT2D eigenvalue weighted by Crippen LogP contribution is 2.24. The van der Waals surface area contributed by atoms with Gasteiger partial charge in [0, 0.05) is 16.7 Å². The summed E-state index contributed by atoms with van der Waals surface area (Å²) in [5, 5.41) is 2.89. The highest BCUT2D eigenvalue weighted by atomic mass is 79.9. The number of amides is 2. The van der Waals surface area contributed by atoms with Crippen LogP contribution in [-0.2, 0) is 16.1 Å². The molecule has 1 heterocycles. The zero-order valence-corrected chi connectivity index (χ0v) is 16.4. The van der Waals surface area contributed by atoms with E-state index in [0.717, 1.165) is 35.1 Å². The number of primary amides is 1. The molecular weight excluding hydrogens is 410 g/mol. The van der Waals surface area contributed by atoms with Gasteiger partial charge in [0.15, 0.2) is 6.61 Å². The zero-order valence-electron chi connectivity index (χ0n) is 14.9. The number of hydrogen-bond donors (Lipinski definition) is 2. The van der Waals surface area contributed by atoms with Gasteiger partial charge in [-0.3, -0.25) is 14.5 Å². The second-order valence-corrected chi connectivity index (χ2v) is 7.39. The molecule has 2 aromatic rings. The Morgan fingerprint density at radius 3 is 2.67 bits per heavy atom. The van der Waals surface area contributed by atoms with Gasteiger partial charge in [0.05, 0.1) is 6.04 Å². The lowest BCUT2D eigenvalue weighted by atomic mass is 10.1. The van der Waals surface area contributed by atoms with Crippen molar-refractivity contribution in [1.29, 1.82) is 0 Å². The molecule has 1 aliphatic heterocycles. The number of nitrogens with one attached hydrogen (secondary N) is 1. The smallest absolute Gasteiger partial charge is 0.262 e. The van der Waals surface area contributed by atoms with Gasteiger partial charge in [0.25, 0.3) is 5.91 Å². The molecule has 1 atom stereocenters. The van der Waals surface area contributed by atoms with Crippen LogP contribution < -0.4 is 15.8 Å². The molecule has 1 aliphatic rings. The first kappa shape index (κ1) is 19.4. The Hall–Kier alpha value is -2.38. The molecule has 6 nitrogen and oxygen atoms in total. The topological polar surface area (TPSA) is 84.7 Å². The summed E-state index contributed by atoms with van der Waals surface area (Å²) in [5.41, 5.74) is 7.16. The maximum atomic E-state index is 12.3. The van der Waals surface area contributed by atoms with E-state index in [1.807, 2.05) is 36.4 Å². The van der Waals surface area contributed by atoms with Crippen LogP contribution in [0.4, 0.5) is 5.69 Å². The van der Waals surface area contributed by atoms with Crippen LogP contribution >= 0.6 is 15.9 Å². The maximum Gasteiger partial charge on any atom is 0.262 e. The van der Waals surface area contributed by atoms with Crippen LogP contribution in [0.1, 0.15) is 18.4 Å². The number of halogens is 1. The van der Waals surface area contributed by atoms with Crippen molar-refractivity contribution < 1.29 is 14.3 Å². The van der Waals surface area contributed by atoms with Gasteiger partial charge in [0.2, 0.25) is 5.91 Å². The fourth-order valence-electron chi connectivity index (χ4n) is 3.20.